The van der Waals surface area contributed by atoms with Crippen molar-refractivity contribution in [2.45, 2.75) is 25.7 Å². The van der Waals surface area contributed by atoms with Gasteiger partial charge in [0.25, 0.3) is 0 Å². The standard InChI is InChI=1S/C22H24FNO6S/c1-14-10-15(2)21(16(3)11-14)19(25)13-30-22(26)17-4-5-18(23)20(12-17)31(27,28)24-6-8-29-9-7-24/h4-5,10-12H,6-9,13H2,1-3H3. The highest BCUT2D eigenvalue weighted by atomic mass is 32.2. The maximum Gasteiger partial charge on any atom is 0.338 e. The lowest BCUT2D eigenvalue weighted by molar-refractivity contribution is 0.0474. The van der Waals surface area contributed by atoms with Gasteiger partial charge in [0.2, 0.25) is 15.8 Å². The molecular weight excluding hydrogens is 425 g/mol. The zero-order valence-electron chi connectivity index (χ0n) is 17.6. The molecule has 7 nitrogen and oxygen atoms in total. The van der Waals surface area contributed by atoms with Gasteiger partial charge in [-0.1, -0.05) is 17.7 Å². The van der Waals surface area contributed by atoms with Crippen LogP contribution in [-0.4, -0.2) is 57.4 Å². The molecule has 0 saturated carbocycles. The van der Waals surface area contributed by atoms with Crippen LogP contribution in [0.25, 0.3) is 0 Å². The van der Waals surface area contributed by atoms with E-state index in [9.17, 15) is 22.4 Å². The number of nitrogens with zero attached hydrogens (tertiary/aromatic N) is 1. The highest BCUT2D eigenvalue weighted by Gasteiger charge is 2.30. The predicted molar refractivity (Wildman–Crippen MR) is 111 cm³/mol. The summed E-state index contributed by atoms with van der Waals surface area (Å²) in [6, 6.07) is 6.70. The minimum Gasteiger partial charge on any atom is -0.454 e. The molecule has 0 spiro atoms. The van der Waals surface area contributed by atoms with Crippen molar-refractivity contribution >= 4 is 21.8 Å². The number of morpholine rings is 1. The average molecular weight is 450 g/mol. The lowest BCUT2D eigenvalue weighted by Crippen LogP contribution is -2.41. The van der Waals surface area contributed by atoms with Gasteiger partial charge in [0.1, 0.15) is 10.7 Å². The fourth-order valence-corrected chi connectivity index (χ4v) is 5.16. The highest BCUT2D eigenvalue weighted by Crippen LogP contribution is 2.23. The molecular formula is C22H24FNO6S. The van der Waals surface area contributed by atoms with E-state index in [4.69, 9.17) is 9.47 Å². The van der Waals surface area contributed by atoms with Crippen LogP contribution in [0.2, 0.25) is 0 Å². The monoisotopic (exact) mass is 449 g/mol. The third kappa shape index (κ3) is 5.00. The average Bonchev–Trinajstić information content (AvgIpc) is 2.72. The van der Waals surface area contributed by atoms with Gasteiger partial charge in [0, 0.05) is 18.7 Å². The molecule has 0 aromatic heterocycles. The Morgan fingerprint density at radius 1 is 1.06 bits per heavy atom. The van der Waals surface area contributed by atoms with E-state index in [1.54, 1.807) is 13.8 Å². The van der Waals surface area contributed by atoms with Crippen molar-refractivity contribution in [3.8, 4) is 0 Å². The van der Waals surface area contributed by atoms with Crippen LogP contribution in [0.3, 0.4) is 0 Å². The van der Waals surface area contributed by atoms with Crippen LogP contribution in [0.4, 0.5) is 4.39 Å². The second-order valence-corrected chi connectivity index (χ2v) is 9.34. The summed E-state index contributed by atoms with van der Waals surface area (Å²) in [5, 5.41) is 0. The summed E-state index contributed by atoms with van der Waals surface area (Å²) in [6.07, 6.45) is 0. The normalized spacial score (nSPS) is 15.0. The zero-order chi connectivity index (χ0) is 22.8. The van der Waals surface area contributed by atoms with Crippen molar-refractivity contribution in [3.63, 3.8) is 0 Å². The second kappa shape index (κ2) is 9.25. The zero-order valence-corrected chi connectivity index (χ0v) is 18.4. The van der Waals surface area contributed by atoms with Crippen molar-refractivity contribution < 1.29 is 31.9 Å². The summed E-state index contributed by atoms with van der Waals surface area (Å²) >= 11 is 0. The largest absolute Gasteiger partial charge is 0.454 e. The molecule has 0 unspecified atom stereocenters. The van der Waals surface area contributed by atoms with Gasteiger partial charge in [-0.05, 0) is 50.1 Å². The number of rotatable bonds is 6. The molecule has 1 aliphatic rings. The first-order chi connectivity index (χ1) is 14.6. The Labute approximate surface area is 180 Å². The Kier molecular flexibility index (Phi) is 6.88. The summed E-state index contributed by atoms with van der Waals surface area (Å²) < 4.78 is 51.2. The fraction of sp³-hybridized carbons (Fsp3) is 0.364. The van der Waals surface area contributed by atoms with E-state index in [1.807, 2.05) is 19.1 Å². The first-order valence-electron chi connectivity index (χ1n) is 9.77. The van der Waals surface area contributed by atoms with Gasteiger partial charge in [-0.15, -0.1) is 0 Å². The number of aryl methyl sites for hydroxylation is 3. The summed E-state index contributed by atoms with van der Waals surface area (Å²) in [5.41, 5.74) is 2.90. The Balaban J connectivity index is 1.77. The van der Waals surface area contributed by atoms with E-state index < -0.39 is 33.3 Å². The number of carbonyl (C=O) groups excluding carboxylic acids is 2. The lowest BCUT2D eigenvalue weighted by atomic mass is 9.97. The van der Waals surface area contributed by atoms with Gasteiger partial charge in [-0.3, -0.25) is 4.79 Å². The number of esters is 1. The molecule has 0 N–H and O–H groups in total. The van der Waals surface area contributed by atoms with Gasteiger partial charge >= 0.3 is 5.97 Å². The second-order valence-electron chi connectivity index (χ2n) is 7.43. The Morgan fingerprint density at radius 2 is 1.68 bits per heavy atom. The molecule has 2 aromatic rings. The molecule has 1 saturated heterocycles. The predicted octanol–water partition coefficient (Wildman–Crippen LogP) is 2.81. The Bertz CT molecular complexity index is 1100. The first kappa shape index (κ1) is 23.1. The number of hydrogen-bond donors (Lipinski definition) is 0. The molecule has 0 amide bonds. The molecule has 1 fully saturated rings. The Morgan fingerprint density at radius 3 is 2.29 bits per heavy atom. The number of halogens is 1. The topological polar surface area (TPSA) is 90.0 Å². The van der Waals surface area contributed by atoms with Gasteiger partial charge in [-0.2, -0.15) is 4.31 Å². The van der Waals surface area contributed by atoms with Crippen molar-refractivity contribution in [1.82, 2.24) is 4.31 Å². The molecule has 9 heteroatoms. The first-order valence-corrected chi connectivity index (χ1v) is 11.2. The van der Waals surface area contributed by atoms with Gasteiger partial charge < -0.3 is 9.47 Å². The van der Waals surface area contributed by atoms with Crippen molar-refractivity contribution in [2.24, 2.45) is 0 Å². The van der Waals surface area contributed by atoms with Crippen LogP contribution in [0.1, 0.15) is 37.4 Å². The number of sulfonamides is 1. The van der Waals surface area contributed by atoms with Crippen LogP contribution >= 0.6 is 0 Å². The van der Waals surface area contributed by atoms with Crippen LogP contribution in [0.15, 0.2) is 35.2 Å². The molecule has 166 valence electrons. The van der Waals surface area contributed by atoms with Crippen LogP contribution in [0.5, 0.6) is 0 Å². The molecule has 0 aliphatic carbocycles. The van der Waals surface area contributed by atoms with Gasteiger partial charge in [0.15, 0.2) is 6.61 Å². The third-order valence-corrected chi connectivity index (χ3v) is 6.96. The van der Waals surface area contributed by atoms with Crippen molar-refractivity contribution in [3.05, 3.63) is 64.0 Å². The quantitative estimate of drug-likeness (QED) is 0.498. The molecule has 0 bridgehead atoms. The lowest BCUT2D eigenvalue weighted by Gasteiger charge is -2.26. The molecule has 1 aliphatic heterocycles. The number of hydrogen-bond acceptors (Lipinski definition) is 6. The molecule has 0 radical (unpaired) electrons. The van der Waals surface area contributed by atoms with Crippen LogP contribution < -0.4 is 0 Å². The van der Waals surface area contributed by atoms with E-state index >= 15 is 0 Å². The number of ether oxygens (including phenoxy) is 2. The van der Waals surface area contributed by atoms with E-state index in [0.29, 0.717) is 5.56 Å². The third-order valence-electron chi connectivity index (χ3n) is 5.05. The summed E-state index contributed by atoms with van der Waals surface area (Å²) in [7, 11) is -4.13. The fourth-order valence-electron chi connectivity index (χ4n) is 3.66. The smallest absolute Gasteiger partial charge is 0.338 e. The molecule has 31 heavy (non-hydrogen) atoms. The van der Waals surface area contributed by atoms with Crippen molar-refractivity contribution in [1.29, 1.82) is 0 Å². The van der Waals surface area contributed by atoms with Gasteiger partial charge in [0.05, 0.1) is 18.8 Å². The minimum atomic E-state index is -4.13. The van der Waals surface area contributed by atoms with E-state index in [2.05, 4.69) is 0 Å². The molecule has 0 atom stereocenters. The number of carbonyl (C=O) groups is 2. The van der Waals surface area contributed by atoms with E-state index in [1.165, 1.54) is 0 Å². The van der Waals surface area contributed by atoms with Gasteiger partial charge in [-0.25, -0.2) is 17.6 Å². The number of ketones is 1. The molecule has 3 rings (SSSR count). The SMILES string of the molecule is Cc1cc(C)c(C(=O)COC(=O)c2ccc(F)c(S(=O)(=O)N3CCOCC3)c2)c(C)c1. The minimum absolute atomic E-state index is 0.0974. The molecule has 1 heterocycles. The summed E-state index contributed by atoms with van der Waals surface area (Å²) in [5.74, 6) is -2.24. The summed E-state index contributed by atoms with van der Waals surface area (Å²) in [4.78, 5) is 24.4. The molecule has 2 aromatic carbocycles. The maximum atomic E-state index is 14.3. The van der Waals surface area contributed by atoms with Crippen molar-refractivity contribution in [2.75, 3.05) is 32.9 Å². The van der Waals surface area contributed by atoms with E-state index in [0.717, 1.165) is 39.2 Å². The van der Waals surface area contributed by atoms with Crippen LogP contribution in [-0.2, 0) is 19.5 Å². The summed E-state index contributed by atoms with van der Waals surface area (Å²) in [6.45, 7) is 5.64. The van der Waals surface area contributed by atoms with E-state index in [-0.39, 0.29) is 37.6 Å². The van der Waals surface area contributed by atoms with Crippen LogP contribution in [0, 0.1) is 26.6 Å². The highest BCUT2D eigenvalue weighted by molar-refractivity contribution is 7.89. The number of Topliss-reactive ketones (excluding diaryl/α,β-unsaturated/α-hetero) is 1. The Hall–Kier alpha value is -2.62. The maximum absolute atomic E-state index is 14.3. The number of benzene rings is 2.